The minimum Gasteiger partial charge on any atom is -0.396 e. The van der Waals surface area contributed by atoms with Crippen LogP contribution in [0, 0.1) is 5.92 Å². The zero-order chi connectivity index (χ0) is 11.1. The monoisotopic (exact) mass is 215 g/mol. The first-order valence-electron chi connectivity index (χ1n) is 6.16. The van der Waals surface area contributed by atoms with Gasteiger partial charge in [0.1, 0.15) is 0 Å². The van der Waals surface area contributed by atoms with Crippen LogP contribution in [0.2, 0.25) is 0 Å². The van der Waals surface area contributed by atoms with Crippen LogP contribution >= 0.6 is 0 Å². The first-order valence-corrected chi connectivity index (χ1v) is 6.16. The smallest absolute Gasteiger partial charge is 0.0624 e. The first-order chi connectivity index (χ1) is 7.26. The number of nitrogens with one attached hydrogen (secondary N) is 1. The van der Waals surface area contributed by atoms with Gasteiger partial charge in [-0.15, -0.1) is 0 Å². The number of hydrogen-bond acceptors (Lipinski definition) is 3. The highest BCUT2D eigenvalue weighted by molar-refractivity contribution is 4.72. The van der Waals surface area contributed by atoms with Crippen molar-refractivity contribution in [2.45, 2.75) is 51.2 Å². The molecule has 1 aliphatic rings. The van der Waals surface area contributed by atoms with Crippen LogP contribution in [-0.2, 0) is 4.74 Å². The summed E-state index contributed by atoms with van der Waals surface area (Å²) in [7, 11) is 1.92. The van der Waals surface area contributed by atoms with Gasteiger partial charge in [0, 0.05) is 12.6 Å². The van der Waals surface area contributed by atoms with Gasteiger partial charge in [0.05, 0.1) is 12.7 Å². The van der Waals surface area contributed by atoms with Crippen LogP contribution in [0.4, 0.5) is 0 Å². The normalized spacial score (nSPS) is 29.0. The van der Waals surface area contributed by atoms with E-state index in [9.17, 15) is 0 Å². The van der Waals surface area contributed by atoms with Gasteiger partial charge in [0.25, 0.3) is 0 Å². The van der Waals surface area contributed by atoms with Crippen molar-refractivity contribution >= 4 is 0 Å². The standard InChI is InChI=1S/C12H25NO2/c1-10-4-3-5-12(8-10)15-9-11(13-2)6-7-14/h10-14H,3-9H2,1-2H3. The fourth-order valence-corrected chi connectivity index (χ4v) is 2.25. The summed E-state index contributed by atoms with van der Waals surface area (Å²) in [4.78, 5) is 0. The molecule has 0 aromatic carbocycles. The molecule has 0 amide bonds. The van der Waals surface area contributed by atoms with Crippen LogP contribution in [0.3, 0.4) is 0 Å². The molecule has 1 fully saturated rings. The van der Waals surface area contributed by atoms with Gasteiger partial charge in [-0.3, -0.25) is 0 Å². The summed E-state index contributed by atoms with van der Waals surface area (Å²) in [5, 5.41) is 12.0. The molecule has 0 aromatic heterocycles. The maximum absolute atomic E-state index is 8.85. The lowest BCUT2D eigenvalue weighted by Gasteiger charge is -2.28. The van der Waals surface area contributed by atoms with Crippen LogP contribution < -0.4 is 5.32 Å². The van der Waals surface area contributed by atoms with E-state index < -0.39 is 0 Å². The summed E-state index contributed by atoms with van der Waals surface area (Å²) in [5.74, 6) is 0.814. The van der Waals surface area contributed by atoms with Gasteiger partial charge in [-0.05, 0) is 32.2 Å². The van der Waals surface area contributed by atoms with E-state index in [4.69, 9.17) is 9.84 Å². The van der Waals surface area contributed by atoms with E-state index in [2.05, 4.69) is 12.2 Å². The Balaban J connectivity index is 2.16. The fraction of sp³-hybridized carbons (Fsp3) is 1.00. The maximum Gasteiger partial charge on any atom is 0.0624 e. The molecule has 3 heteroatoms. The van der Waals surface area contributed by atoms with Crippen LogP contribution in [0.5, 0.6) is 0 Å². The molecule has 1 aliphatic carbocycles. The van der Waals surface area contributed by atoms with Crippen molar-refractivity contribution in [3.05, 3.63) is 0 Å². The van der Waals surface area contributed by atoms with Crippen molar-refractivity contribution in [1.29, 1.82) is 0 Å². The molecule has 0 bridgehead atoms. The molecule has 2 N–H and O–H groups in total. The zero-order valence-corrected chi connectivity index (χ0v) is 10.0. The summed E-state index contributed by atoms with van der Waals surface area (Å²) in [6.45, 7) is 3.27. The van der Waals surface area contributed by atoms with E-state index in [-0.39, 0.29) is 6.61 Å². The topological polar surface area (TPSA) is 41.5 Å². The molecular formula is C12H25NO2. The first kappa shape index (κ1) is 12.9. The average molecular weight is 215 g/mol. The van der Waals surface area contributed by atoms with Crippen molar-refractivity contribution in [2.75, 3.05) is 20.3 Å². The number of hydrogen-bond donors (Lipinski definition) is 2. The average Bonchev–Trinajstić information content (AvgIpc) is 2.24. The molecule has 0 saturated heterocycles. The van der Waals surface area contributed by atoms with Gasteiger partial charge >= 0.3 is 0 Å². The minimum absolute atomic E-state index is 0.232. The van der Waals surface area contributed by atoms with Crippen LogP contribution in [-0.4, -0.2) is 37.5 Å². The van der Waals surface area contributed by atoms with Gasteiger partial charge in [-0.25, -0.2) is 0 Å². The van der Waals surface area contributed by atoms with Gasteiger partial charge in [-0.1, -0.05) is 19.8 Å². The third kappa shape index (κ3) is 4.96. The summed E-state index contributed by atoms with van der Waals surface area (Å²) >= 11 is 0. The Hall–Kier alpha value is -0.120. The van der Waals surface area contributed by atoms with Gasteiger partial charge in [-0.2, -0.15) is 0 Å². The second-order valence-electron chi connectivity index (χ2n) is 4.72. The van der Waals surface area contributed by atoms with Crippen molar-refractivity contribution in [1.82, 2.24) is 5.32 Å². The Labute approximate surface area is 93.2 Å². The second-order valence-corrected chi connectivity index (χ2v) is 4.72. The van der Waals surface area contributed by atoms with Crippen molar-refractivity contribution in [2.24, 2.45) is 5.92 Å². The lowest BCUT2D eigenvalue weighted by Crippen LogP contribution is -2.34. The van der Waals surface area contributed by atoms with Crippen LogP contribution in [0.1, 0.15) is 39.0 Å². The van der Waals surface area contributed by atoms with E-state index >= 15 is 0 Å². The highest BCUT2D eigenvalue weighted by Crippen LogP contribution is 2.25. The molecule has 15 heavy (non-hydrogen) atoms. The van der Waals surface area contributed by atoms with Crippen LogP contribution in [0.25, 0.3) is 0 Å². The van der Waals surface area contributed by atoms with E-state index in [1.165, 1.54) is 25.7 Å². The Morgan fingerprint density at radius 1 is 1.47 bits per heavy atom. The Morgan fingerprint density at radius 2 is 2.27 bits per heavy atom. The third-order valence-electron chi connectivity index (χ3n) is 3.31. The van der Waals surface area contributed by atoms with E-state index in [0.717, 1.165) is 18.9 Å². The molecule has 1 saturated carbocycles. The highest BCUT2D eigenvalue weighted by atomic mass is 16.5. The molecule has 0 spiro atoms. The SMILES string of the molecule is CNC(CCO)COC1CCCC(C)C1. The Kier molecular flexibility index (Phi) is 6.22. The van der Waals surface area contributed by atoms with Gasteiger partial charge in [0.2, 0.25) is 0 Å². The molecule has 1 rings (SSSR count). The summed E-state index contributed by atoms with van der Waals surface area (Å²) < 4.78 is 5.89. The molecule has 0 radical (unpaired) electrons. The molecular weight excluding hydrogens is 190 g/mol. The molecule has 3 atom stereocenters. The molecule has 3 unspecified atom stereocenters. The Bertz CT molecular complexity index is 164. The predicted molar refractivity (Wildman–Crippen MR) is 61.9 cm³/mol. The number of aliphatic hydroxyl groups excluding tert-OH is 1. The molecule has 90 valence electrons. The van der Waals surface area contributed by atoms with E-state index in [1.54, 1.807) is 0 Å². The van der Waals surface area contributed by atoms with Crippen LogP contribution in [0.15, 0.2) is 0 Å². The Morgan fingerprint density at radius 3 is 2.87 bits per heavy atom. The fourth-order valence-electron chi connectivity index (χ4n) is 2.25. The quantitative estimate of drug-likeness (QED) is 0.706. The third-order valence-corrected chi connectivity index (χ3v) is 3.31. The van der Waals surface area contributed by atoms with Crippen molar-refractivity contribution < 1.29 is 9.84 Å². The van der Waals surface area contributed by atoms with E-state index in [0.29, 0.717) is 12.1 Å². The highest BCUT2D eigenvalue weighted by Gasteiger charge is 2.20. The minimum atomic E-state index is 0.232. The molecule has 0 heterocycles. The second kappa shape index (κ2) is 7.20. The zero-order valence-electron chi connectivity index (χ0n) is 10.0. The number of rotatable bonds is 6. The molecule has 0 aromatic rings. The van der Waals surface area contributed by atoms with Crippen molar-refractivity contribution in [3.63, 3.8) is 0 Å². The number of likely N-dealkylation sites (N-methyl/N-ethyl adjacent to an activating group) is 1. The summed E-state index contributed by atoms with van der Waals surface area (Å²) in [6, 6.07) is 0.298. The largest absolute Gasteiger partial charge is 0.396 e. The number of aliphatic hydroxyl groups is 1. The lowest BCUT2D eigenvalue weighted by molar-refractivity contribution is 0.00236. The maximum atomic E-state index is 8.85. The summed E-state index contributed by atoms with van der Waals surface area (Å²) in [5.41, 5.74) is 0. The lowest BCUT2D eigenvalue weighted by atomic mass is 9.89. The van der Waals surface area contributed by atoms with Gasteiger partial charge in [0.15, 0.2) is 0 Å². The van der Waals surface area contributed by atoms with E-state index in [1.807, 2.05) is 7.05 Å². The van der Waals surface area contributed by atoms with Crippen molar-refractivity contribution in [3.8, 4) is 0 Å². The number of ether oxygens (including phenoxy) is 1. The molecule has 3 nitrogen and oxygen atoms in total. The van der Waals surface area contributed by atoms with Gasteiger partial charge < -0.3 is 15.2 Å². The molecule has 0 aliphatic heterocycles. The predicted octanol–water partition coefficient (Wildman–Crippen LogP) is 1.55. The summed E-state index contributed by atoms with van der Waals surface area (Å²) in [6.07, 6.45) is 6.29.